The number of carboxylic acids is 1. The van der Waals surface area contributed by atoms with Gasteiger partial charge in [0.2, 0.25) is 0 Å². The molecule has 1 fully saturated rings. The number of hydrogen-bond donors (Lipinski definition) is 2. The van der Waals surface area contributed by atoms with Gasteiger partial charge in [0.15, 0.2) is 0 Å². The van der Waals surface area contributed by atoms with E-state index in [4.69, 9.17) is 5.73 Å². The van der Waals surface area contributed by atoms with Gasteiger partial charge in [-0.3, -0.25) is 4.79 Å². The number of nitrogens with two attached hydrogens (primary N) is 1. The fraction of sp³-hybridized carbons (Fsp3) is 0.923. The molecule has 0 bridgehead atoms. The minimum Gasteiger partial charge on any atom is -0.480 e. The van der Waals surface area contributed by atoms with Gasteiger partial charge in [-0.05, 0) is 51.7 Å². The topological polar surface area (TPSA) is 66.6 Å². The SMILES string of the molecule is CCCCN(C)CCC1CCCC1(N)C(=O)O. The first-order chi connectivity index (χ1) is 8.00. The average molecular weight is 242 g/mol. The molecule has 2 unspecified atom stereocenters. The maximum absolute atomic E-state index is 11.2. The van der Waals surface area contributed by atoms with E-state index in [1.165, 1.54) is 12.8 Å². The van der Waals surface area contributed by atoms with E-state index < -0.39 is 11.5 Å². The second-order valence-electron chi connectivity index (χ2n) is 5.38. The van der Waals surface area contributed by atoms with E-state index in [0.29, 0.717) is 6.42 Å². The van der Waals surface area contributed by atoms with Crippen LogP contribution in [0.2, 0.25) is 0 Å². The van der Waals surface area contributed by atoms with Crippen LogP contribution in [-0.4, -0.2) is 41.7 Å². The second-order valence-corrected chi connectivity index (χ2v) is 5.38. The molecule has 1 aliphatic rings. The first kappa shape index (κ1) is 14.5. The van der Waals surface area contributed by atoms with Gasteiger partial charge in [-0.2, -0.15) is 0 Å². The van der Waals surface area contributed by atoms with E-state index >= 15 is 0 Å². The van der Waals surface area contributed by atoms with E-state index in [2.05, 4.69) is 18.9 Å². The fourth-order valence-corrected chi connectivity index (χ4v) is 2.70. The van der Waals surface area contributed by atoms with Crippen LogP contribution in [0.3, 0.4) is 0 Å². The van der Waals surface area contributed by atoms with Gasteiger partial charge in [0.05, 0.1) is 0 Å². The third-order valence-electron chi connectivity index (χ3n) is 4.02. The highest BCUT2D eigenvalue weighted by Crippen LogP contribution is 2.36. The van der Waals surface area contributed by atoms with Gasteiger partial charge in [0, 0.05) is 0 Å². The quantitative estimate of drug-likeness (QED) is 0.713. The lowest BCUT2D eigenvalue weighted by atomic mass is 9.85. The van der Waals surface area contributed by atoms with E-state index in [1.54, 1.807) is 0 Å². The Labute approximate surface area is 104 Å². The van der Waals surface area contributed by atoms with Crippen LogP contribution in [0, 0.1) is 5.92 Å². The van der Waals surface area contributed by atoms with E-state index in [-0.39, 0.29) is 5.92 Å². The van der Waals surface area contributed by atoms with Crippen molar-refractivity contribution in [3.05, 3.63) is 0 Å². The number of rotatable bonds is 7. The Kier molecular flexibility index (Phi) is 5.40. The summed E-state index contributed by atoms with van der Waals surface area (Å²) >= 11 is 0. The van der Waals surface area contributed by atoms with Crippen molar-refractivity contribution < 1.29 is 9.90 Å². The molecule has 100 valence electrons. The summed E-state index contributed by atoms with van der Waals surface area (Å²) < 4.78 is 0. The zero-order chi connectivity index (χ0) is 12.9. The molecular weight excluding hydrogens is 216 g/mol. The lowest BCUT2D eigenvalue weighted by Gasteiger charge is -2.28. The summed E-state index contributed by atoms with van der Waals surface area (Å²) in [5.74, 6) is -0.680. The summed E-state index contributed by atoms with van der Waals surface area (Å²) in [6, 6.07) is 0. The van der Waals surface area contributed by atoms with Crippen molar-refractivity contribution in [2.75, 3.05) is 20.1 Å². The summed E-state index contributed by atoms with van der Waals surface area (Å²) in [6.45, 7) is 4.23. The number of hydrogen-bond acceptors (Lipinski definition) is 3. The fourth-order valence-electron chi connectivity index (χ4n) is 2.70. The van der Waals surface area contributed by atoms with Crippen molar-refractivity contribution in [3.8, 4) is 0 Å². The summed E-state index contributed by atoms with van der Waals surface area (Å²) in [6.07, 6.45) is 5.85. The molecule has 0 aromatic rings. The summed E-state index contributed by atoms with van der Waals surface area (Å²) in [7, 11) is 2.10. The van der Waals surface area contributed by atoms with Crippen LogP contribution in [0.5, 0.6) is 0 Å². The van der Waals surface area contributed by atoms with Crippen molar-refractivity contribution in [1.82, 2.24) is 4.90 Å². The van der Waals surface area contributed by atoms with Gasteiger partial charge in [-0.15, -0.1) is 0 Å². The van der Waals surface area contributed by atoms with Crippen molar-refractivity contribution >= 4 is 5.97 Å². The maximum Gasteiger partial charge on any atom is 0.323 e. The molecule has 0 aromatic heterocycles. The van der Waals surface area contributed by atoms with Crippen molar-refractivity contribution in [2.45, 2.75) is 51.0 Å². The van der Waals surface area contributed by atoms with Crippen LogP contribution < -0.4 is 5.73 Å². The van der Waals surface area contributed by atoms with Crippen LogP contribution in [-0.2, 0) is 4.79 Å². The number of unbranched alkanes of at least 4 members (excludes halogenated alkanes) is 1. The molecule has 2 atom stereocenters. The monoisotopic (exact) mass is 242 g/mol. The Bertz CT molecular complexity index is 258. The maximum atomic E-state index is 11.2. The lowest BCUT2D eigenvalue weighted by Crippen LogP contribution is -2.51. The number of carboxylic acid groups (broad SMARTS) is 1. The van der Waals surface area contributed by atoms with Crippen molar-refractivity contribution in [2.24, 2.45) is 11.7 Å². The molecule has 1 aliphatic carbocycles. The van der Waals surface area contributed by atoms with Gasteiger partial charge < -0.3 is 15.7 Å². The molecule has 0 radical (unpaired) electrons. The summed E-state index contributed by atoms with van der Waals surface area (Å²) in [5, 5.41) is 9.21. The van der Waals surface area contributed by atoms with Crippen molar-refractivity contribution in [3.63, 3.8) is 0 Å². The molecule has 1 saturated carbocycles. The van der Waals surface area contributed by atoms with Gasteiger partial charge in [0.25, 0.3) is 0 Å². The van der Waals surface area contributed by atoms with Gasteiger partial charge in [0.1, 0.15) is 5.54 Å². The number of carbonyl (C=O) groups is 1. The molecule has 0 aliphatic heterocycles. The third kappa shape index (κ3) is 3.68. The Morgan fingerprint density at radius 3 is 2.82 bits per heavy atom. The van der Waals surface area contributed by atoms with E-state index in [1.807, 2.05) is 0 Å². The molecule has 4 heteroatoms. The molecule has 0 amide bonds. The van der Waals surface area contributed by atoms with Crippen LogP contribution in [0.15, 0.2) is 0 Å². The molecular formula is C13H26N2O2. The normalized spacial score (nSPS) is 28.8. The predicted octanol–water partition coefficient (Wildman–Crippen LogP) is 1.69. The van der Waals surface area contributed by atoms with Crippen LogP contribution in [0.4, 0.5) is 0 Å². The van der Waals surface area contributed by atoms with Crippen LogP contribution in [0.25, 0.3) is 0 Å². The minimum absolute atomic E-state index is 0.143. The average Bonchev–Trinajstić information content (AvgIpc) is 2.66. The smallest absolute Gasteiger partial charge is 0.323 e. The molecule has 0 aromatic carbocycles. The van der Waals surface area contributed by atoms with Crippen molar-refractivity contribution in [1.29, 1.82) is 0 Å². The molecule has 0 spiro atoms. The standard InChI is InChI=1S/C13H26N2O2/c1-3-4-9-15(2)10-7-11-6-5-8-13(11,14)12(16)17/h11H,3-10,14H2,1-2H3,(H,16,17). The van der Waals surface area contributed by atoms with E-state index in [9.17, 15) is 9.90 Å². The molecule has 0 heterocycles. The Hall–Kier alpha value is -0.610. The van der Waals surface area contributed by atoms with E-state index in [0.717, 1.165) is 32.4 Å². The largest absolute Gasteiger partial charge is 0.480 e. The zero-order valence-corrected chi connectivity index (χ0v) is 11.1. The summed E-state index contributed by atoms with van der Waals surface area (Å²) in [5.41, 5.74) is 5.05. The second kappa shape index (κ2) is 6.36. The first-order valence-electron chi connectivity index (χ1n) is 6.71. The highest BCUT2D eigenvalue weighted by Gasteiger charge is 2.45. The molecule has 1 rings (SSSR count). The van der Waals surface area contributed by atoms with Gasteiger partial charge >= 0.3 is 5.97 Å². The van der Waals surface area contributed by atoms with Crippen LogP contribution in [0.1, 0.15) is 45.4 Å². The highest BCUT2D eigenvalue weighted by molar-refractivity contribution is 5.79. The molecule has 4 nitrogen and oxygen atoms in total. The lowest BCUT2D eigenvalue weighted by molar-refractivity contribution is -0.144. The summed E-state index contributed by atoms with van der Waals surface area (Å²) in [4.78, 5) is 13.5. The number of aliphatic carboxylic acids is 1. The first-order valence-corrected chi connectivity index (χ1v) is 6.71. The molecule has 0 saturated heterocycles. The highest BCUT2D eigenvalue weighted by atomic mass is 16.4. The van der Waals surface area contributed by atoms with Gasteiger partial charge in [-0.1, -0.05) is 19.8 Å². The Balaban J connectivity index is 2.38. The van der Waals surface area contributed by atoms with Crippen LogP contribution >= 0.6 is 0 Å². The predicted molar refractivity (Wildman–Crippen MR) is 68.9 cm³/mol. The number of nitrogens with zero attached hydrogens (tertiary/aromatic N) is 1. The Morgan fingerprint density at radius 2 is 2.24 bits per heavy atom. The minimum atomic E-state index is -0.967. The Morgan fingerprint density at radius 1 is 1.53 bits per heavy atom. The van der Waals surface area contributed by atoms with Gasteiger partial charge in [-0.25, -0.2) is 0 Å². The molecule has 3 N–H and O–H groups in total. The zero-order valence-electron chi connectivity index (χ0n) is 11.1. The molecule has 17 heavy (non-hydrogen) atoms. The third-order valence-corrected chi connectivity index (χ3v) is 4.02.